The average Bonchev–Trinajstić information content (AvgIpc) is 2.84. The molecular weight excluding hydrogens is 252 g/mol. The minimum absolute atomic E-state index is 0.0992. The highest BCUT2D eigenvalue weighted by atomic mass is 16.5. The van der Waals surface area contributed by atoms with Crippen molar-refractivity contribution in [3.05, 3.63) is 42.5 Å². The van der Waals surface area contributed by atoms with Gasteiger partial charge in [-0.05, 0) is 31.2 Å². The fraction of sp³-hybridized carbons (Fsp3) is 0.235. The molecule has 0 N–H and O–H groups in total. The Morgan fingerprint density at radius 1 is 1.15 bits per heavy atom. The molecule has 0 radical (unpaired) electrons. The quantitative estimate of drug-likeness (QED) is 0.707. The maximum atomic E-state index is 11.6. The number of ketones is 1. The molecule has 0 bridgehead atoms. The SMILES string of the molecule is CCC(=O)C(C)Oc1ccc2oc3ccccc3c2c1. The van der Waals surface area contributed by atoms with Crippen LogP contribution in [0.15, 0.2) is 46.9 Å². The summed E-state index contributed by atoms with van der Waals surface area (Å²) in [6.45, 7) is 3.62. The molecule has 0 spiro atoms. The predicted octanol–water partition coefficient (Wildman–Crippen LogP) is 4.33. The largest absolute Gasteiger partial charge is 0.483 e. The molecule has 0 aliphatic carbocycles. The maximum absolute atomic E-state index is 11.6. The van der Waals surface area contributed by atoms with Crippen LogP contribution in [0.4, 0.5) is 0 Å². The molecule has 2 aromatic carbocycles. The Bertz CT molecular complexity index is 770. The van der Waals surface area contributed by atoms with Crippen molar-refractivity contribution >= 4 is 27.7 Å². The molecule has 3 nitrogen and oxygen atoms in total. The van der Waals surface area contributed by atoms with Gasteiger partial charge in [-0.1, -0.05) is 25.1 Å². The number of ether oxygens (including phenoxy) is 1. The molecule has 0 saturated carbocycles. The smallest absolute Gasteiger partial charge is 0.172 e. The number of hydrogen-bond acceptors (Lipinski definition) is 3. The van der Waals surface area contributed by atoms with E-state index >= 15 is 0 Å². The maximum Gasteiger partial charge on any atom is 0.172 e. The van der Waals surface area contributed by atoms with Crippen molar-refractivity contribution in [1.82, 2.24) is 0 Å². The molecule has 1 heterocycles. The van der Waals surface area contributed by atoms with Gasteiger partial charge in [0.05, 0.1) is 0 Å². The van der Waals surface area contributed by atoms with E-state index in [1.54, 1.807) is 6.92 Å². The van der Waals surface area contributed by atoms with Gasteiger partial charge in [0.1, 0.15) is 16.9 Å². The number of furan rings is 1. The van der Waals surface area contributed by atoms with Crippen molar-refractivity contribution in [1.29, 1.82) is 0 Å². The minimum atomic E-state index is -0.421. The van der Waals surface area contributed by atoms with Crippen LogP contribution in [-0.2, 0) is 4.79 Å². The molecule has 1 aromatic heterocycles. The van der Waals surface area contributed by atoms with Gasteiger partial charge >= 0.3 is 0 Å². The lowest BCUT2D eigenvalue weighted by molar-refractivity contribution is -0.124. The molecule has 0 amide bonds. The van der Waals surface area contributed by atoms with E-state index in [0.29, 0.717) is 12.2 Å². The van der Waals surface area contributed by atoms with Crippen LogP contribution in [0.1, 0.15) is 20.3 Å². The van der Waals surface area contributed by atoms with Crippen LogP contribution in [0, 0.1) is 0 Å². The highest BCUT2D eigenvalue weighted by Gasteiger charge is 2.13. The molecule has 0 fully saturated rings. The number of hydrogen-bond donors (Lipinski definition) is 0. The highest BCUT2D eigenvalue weighted by Crippen LogP contribution is 2.31. The van der Waals surface area contributed by atoms with E-state index in [4.69, 9.17) is 9.15 Å². The molecule has 3 heteroatoms. The van der Waals surface area contributed by atoms with E-state index in [1.165, 1.54) is 0 Å². The van der Waals surface area contributed by atoms with Gasteiger partial charge in [-0.25, -0.2) is 0 Å². The van der Waals surface area contributed by atoms with Crippen LogP contribution in [0.25, 0.3) is 21.9 Å². The van der Waals surface area contributed by atoms with E-state index in [2.05, 4.69) is 0 Å². The molecule has 0 aliphatic heterocycles. The molecule has 3 aromatic rings. The van der Waals surface area contributed by atoms with Gasteiger partial charge in [0.15, 0.2) is 11.9 Å². The van der Waals surface area contributed by atoms with Crippen molar-refractivity contribution in [2.24, 2.45) is 0 Å². The van der Waals surface area contributed by atoms with Gasteiger partial charge in [0.2, 0.25) is 0 Å². The zero-order valence-electron chi connectivity index (χ0n) is 11.6. The molecule has 0 aliphatic rings. The lowest BCUT2D eigenvalue weighted by atomic mass is 10.1. The van der Waals surface area contributed by atoms with E-state index < -0.39 is 6.10 Å². The predicted molar refractivity (Wildman–Crippen MR) is 79.1 cm³/mol. The zero-order chi connectivity index (χ0) is 14.1. The fourth-order valence-electron chi connectivity index (χ4n) is 2.34. The average molecular weight is 268 g/mol. The Morgan fingerprint density at radius 2 is 1.90 bits per heavy atom. The van der Waals surface area contributed by atoms with Crippen LogP contribution in [0.2, 0.25) is 0 Å². The second kappa shape index (κ2) is 5.00. The van der Waals surface area contributed by atoms with E-state index in [1.807, 2.05) is 49.4 Å². The standard InChI is InChI=1S/C17H16O3/c1-3-15(18)11(2)19-12-8-9-17-14(10-12)13-6-4-5-7-16(13)20-17/h4-11H,3H2,1-2H3. The van der Waals surface area contributed by atoms with Gasteiger partial charge < -0.3 is 9.15 Å². The van der Waals surface area contributed by atoms with E-state index in [0.717, 1.165) is 21.9 Å². The summed E-state index contributed by atoms with van der Waals surface area (Å²) in [5, 5.41) is 2.07. The number of benzene rings is 2. The van der Waals surface area contributed by atoms with Crippen LogP contribution >= 0.6 is 0 Å². The Hall–Kier alpha value is -2.29. The highest BCUT2D eigenvalue weighted by molar-refractivity contribution is 6.05. The molecule has 102 valence electrons. The molecule has 20 heavy (non-hydrogen) atoms. The molecular formula is C17H16O3. The first-order valence-corrected chi connectivity index (χ1v) is 6.79. The lowest BCUT2D eigenvalue weighted by Gasteiger charge is -2.12. The lowest BCUT2D eigenvalue weighted by Crippen LogP contribution is -2.22. The Labute approximate surface area is 117 Å². The zero-order valence-corrected chi connectivity index (χ0v) is 11.6. The summed E-state index contributed by atoms with van der Waals surface area (Å²) in [6.07, 6.45) is 0.0635. The van der Waals surface area contributed by atoms with Crippen LogP contribution in [0.5, 0.6) is 5.75 Å². The number of carbonyl (C=O) groups excluding carboxylic acids is 1. The Balaban J connectivity index is 2.01. The minimum Gasteiger partial charge on any atom is -0.483 e. The topological polar surface area (TPSA) is 39.4 Å². The first-order chi connectivity index (χ1) is 9.69. The van der Waals surface area contributed by atoms with Gasteiger partial charge in [-0.2, -0.15) is 0 Å². The van der Waals surface area contributed by atoms with Gasteiger partial charge in [-0.15, -0.1) is 0 Å². The third-order valence-electron chi connectivity index (χ3n) is 3.46. The van der Waals surface area contributed by atoms with Gasteiger partial charge in [0.25, 0.3) is 0 Å². The van der Waals surface area contributed by atoms with Crippen LogP contribution in [0.3, 0.4) is 0 Å². The summed E-state index contributed by atoms with van der Waals surface area (Å²) in [5.74, 6) is 0.792. The van der Waals surface area contributed by atoms with Crippen molar-refractivity contribution in [2.45, 2.75) is 26.4 Å². The number of fused-ring (bicyclic) bond motifs is 3. The monoisotopic (exact) mass is 268 g/mol. The summed E-state index contributed by atoms with van der Waals surface area (Å²) in [5.41, 5.74) is 1.69. The first kappa shape index (κ1) is 12.7. The molecule has 1 unspecified atom stereocenters. The van der Waals surface area contributed by atoms with Gasteiger partial charge in [0, 0.05) is 17.2 Å². The third kappa shape index (κ3) is 2.16. The summed E-state index contributed by atoms with van der Waals surface area (Å²) in [4.78, 5) is 11.6. The van der Waals surface area contributed by atoms with E-state index in [9.17, 15) is 4.79 Å². The van der Waals surface area contributed by atoms with E-state index in [-0.39, 0.29) is 5.78 Å². The summed E-state index contributed by atoms with van der Waals surface area (Å²) >= 11 is 0. The second-order valence-corrected chi connectivity index (χ2v) is 4.84. The van der Waals surface area contributed by atoms with Gasteiger partial charge in [-0.3, -0.25) is 4.79 Å². The fourth-order valence-corrected chi connectivity index (χ4v) is 2.34. The molecule has 3 rings (SSSR count). The summed E-state index contributed by atoms with van der Waals surface area (Å²) in [7, 11) is 0. The normalized spacial score (nSPS) is 12.7. The number of para-hydroxylation sites is 1. The van der Waals surface area contributed by atoms with Crippen molar-refractivity contribution in [2.75, 3.05) is 0 Å². The molecule has 0 saturated heterocycles. The van der Waals surface area contributed by atoms with Crippen molar-refractivity contribution < 1.29 is 13.9 Å². The molecule has 1 atom stereocenters. The van der Waals surface area contributed by atoms with Crippen LogP contribution in [-0.4, -0.2) is 11.9 Å². The summed E-state index contributed by atoms with van der Waals surface area (Å²) < 4.78 is 11.5. The Kier molecular flexibility index (Phi) is 3.18. The van der Waals surface area contributed by atoms with Crippen LogP contribution < -0.4 is 4.74 Å². The van der Waals surface area contributed by atoms with Crippen molar-refractivity contribution in [3.8, 4) is 5.75 Å². The third-order valence-corrected chi connectivity index (χ3v) is 3.46. The number of Topliss-reactive ketones (excluding diaryl/α,β-unsaturated/α-hetero) is 1. The number of rotatable bonds is 4. The number of carbonyl (C=O) groups is 1. The second-order valence-electron chi connectivity index (χ2n) is 4.84. The summed E-state index contributed by atoms with van der Waals surface area (Å²) in [6, 6.07) is 13.5. The first-order valence-electron chi connectivity index (χ1n) is 6.79. The Morgan fingerprint density at radius 3 is 2.70 bits per heavy atom. The van der Waals surface area contributed by atoms with Crippen molar-refractivity contribution in [3.63, 3.8) is 0 Å².